The van der Waals surface area contributed by atoms with Crippen LogP contribution in [0.25, 0.3) is 122 Å². The highest BCUT2D eigenvalue weighted by Crippen LogP contribution is 2.50. The third kappa shape index (κ3) is 9.57. The van der Waals surface area contributed by atoms with E-state index in [0.29, 0.717) is 5.82 Å². The van der Waals surface area contributed by atoms with Gasteiger partial charge in [0.15, 0.2) is 5.82 Å². The molecule has 2 aliphatic heterocycles. The molecule has 5 heteroatoms. The van der Waals surface area contributed by atoms with Crippen molar-refractivity contribution in [1.29, 1.82) is 0 Å². The molecule has 0 saturated carbocycles. The van der Waals surface area contributed by atoms with Gasteiger partial charge in [-0.3, -0.25) is 0 Å². The van der Waals surface area contributed by atoms with Gasteiger partial charge in [-0.2, -0.15) is 0 Å². The van der Waals surface area contributed by atoms with Crippen molar-refractivity contribution in [2.75, 3.05) is 9.80 Å². The fourth-order valence-corrected chi connectivity index (χ4v) is 14.5. The molecule has 0 saturated heterocycles. The summed E-state index contributed by atoms with van der Waals surface area (Å²) in [6, 6.07) is 127. The summed E-state index contributed by atoms with van der Waals surface area (Å²) in [7, 11) is 0. The third-order valence-corrected chi connectivity index (χ3v) is 18.9. The second-order valence-corrected chi connectivity index (χ2v) is 24.5. The zero-order chi connectivity index (χ0) is 61.3. The molecule has 4 nitrogen and oxygen atoms in total. The van der Waals surface area contributed by atoms with Gasteiger partial charge in [0.05, 0.1) is 11.2 Å². The lowest BCUT2D eigenvalue weighted by atomic mass is 9.33. The van der Waals surface area contributed by atoms with Gasteiger partial charge >= 0.3 is 0 Å². The Morgan fingerprint density at radius 3 is 0.914 bits per heavy atom. The average molecular weight is 1180 g/mol. The lowest BCUT2D eigenvalue weighted by Gasteiger charge is -2.45. The number of fused-ring (bicyclic) bond motifs is 7. The van der Waals surface area contributed by atoms with Crippen LogP contribution in [0.1, 0.15) is 0 Å². The van der Waals surface area contributed by atoms with Crippen LogP contribution >= 0.6 is 0 Å². The maximum Gasteiger partial charge on any atom is 0.252 e. The topological polar surface area (TPSA) is 32.3 Å². The highest BCUT2D eigenvalue weighted by atomic mass is 15.2. The van der Waals surface area contributed by atoms with E-state index < -0.39 is 0 Å². The van der Waals surface area contributed by atoms with Crippen LogP contribution in [0.2, 0.25) is 0 Å². The number of anilines is 6. The molecular weight excluding hydrogens is 1120 g/mol. The average Bonchev–Trinajstić information content (AvgIpc) is 0.692. The summed E-state index contributed by atoms with van der Waals surface area (Å²) in [5.74, 6) is 0.630. The van der Waals surface area contributed by atoms with Crippen molar-refractivity contribution in [2.24, 2.45) is 0 Å². The van der Waals surface area contributed by atoms with Crippen molar-refractivity contribution in [3.63, 3.8) is 0 Å². The van der Waals surface area contributed by atoms with E-state index in [4.69, 9.17) is 9.97 Å². The van der Waals surface area contributed by atoms with Gasteiger partial charge in [-0.25, -0.2) is 9.97 Å². The molecule has 15 aromatic carbocycles. The fraction of sp³-hybridized carbons (Fsp3) is 0. The first-order valence-corrected chi connectivity index (χ1v) is 32.0. The number of para-hydroxylation sites is 1. The van der Waals surface area contributed by atoms with Gasteiger partial charge in [-0.1, -0.05) is 261 Å². The van der Waals surface area contributed by atoms with E-state index in [-0.39, 0.29) is 6.71 Å². The minimum absolute atomic E-state index is 0.197. The van der Waals surface area contributed by atoms with Crippen LogP contribution in [-0.2, 0) is 0 Å². The third-order valence-electron chi connectivity index (χ3n) is 18.9. The molecular formula is C88H57BN4. The van der Waals surface area contributed by atoms with Gasteiger partial charge in [0, 0.05) is 50.6 Å². The normalized spacial score (nSPS) is 12.2. The number of aromatic nitrogens is 2. The summed E-state index contributed by atoms with van der Waals surface area (Å²) in [5.41, 5.74) is 27.3. The summed E-state index contributed by atoms with van der Waals surface area (Å²) in [4.78, 5) is 16.7. The first kappa shape index (κ1) is 53.8. The van der Waals surface area contributed by atoms with Crippen molar-refractivity contribution in [1.82, 2.24) is 9.97 Å². The van der Waals surface area contributed by atoms with Crippen LogP contribution in [0.5, 0.6) is 0 Å². The minimum atomic E-state index is -0.197. The number of rotatable bonds is 10. The molecule has 18 rings (SSSR count). The molecule has 3 heterocycles. The number of hydrogen-bond acceptors (Lipinski definition) is 4. The molecule has 0 N–H and O–H groups in total. The molecule has 0 spiro atoms. The van der Waals surface area contributed by atoms with E-state index in [1.807, 2.05) is 0 Å². The predicted octanol–water partition coefficient (Wildman–Crippen LogP) is 21.4. The molecule has 0 bridgehead atoms. The molecule has 2 aliphatic rings. The summed E-state index contributed by atoms with van der Waals surface area (Å²) >= 11 is 0. The minimum Gasteiger partial charge on any atom is -0.311 e. The smallest absolute Gasteiger partial charge is 0.252 e. The quantitative estimate of drug-likeness (QED) is 0.128. The Hall–Kier alpha value is -12.2. The van der Waals surface area contributed by atoms with Crippen molar-refractivity contribution in [3.8, 4) is 89.4 Å². The number of hydrogen-bond donors (Lipinski definition) is 0. The van der Waals surface area contributed by atoms with Crippen LogP contribution in [0.3, 0.4) is 0 Å². The summed E-state index contributed by atoms with van der Waals surface area (Å²) < 4.78 is 0. The van der Waals surface area contributed by atoms with Gasteiger partial charge in [-0.15, -0.1) is 0 Å². The number of nitrogens with zero attached hydrogens (tertiary/aromatic N) is 4. The zero-order valence-electron chi connectivity index (χ0n) is 50.8. The molecule has 93 heavy (non-hydrogen) atoms. The second-order valence-electron chi connectivity index (χ2n) is 24.5. The molecule has 1 aromatic heterocycles. The zero-order valence-corrected chi connectivity index (χ0v) is 50.8. The Labute approximate surface area is 541 Å². The standard InChI is InChI=1S/C88H57BN4/c1-7-25-58(26-8-1)68-43-69(59-27-9-2-10-28-59)47-74(46-68)87-78-41-23-24-42-81(78)90-88(91-87)75-56-84-86-85(57-75)93(77-50-72(62-33-15-5-16-34-62)45-73(51-77)63-35-17-6-18-36-63)83-55-67-40-22-20-38-65(67)53-80(83)89(86)79-52-64-37-19-21-39-66(64)54-82(79)92(84)76-48-70(60-29-11-3-12-30-60)44-71(49-76)61-31-13-4-14-32-61/h1-57H. The van der Waals surface area contributed by atoms with Crippen LogP contribution < -0.4 is 26.2 Å². The van der Waals surface area contributed by atoms with Crippen molar-refractivity contribution in [3.05, 3.63) is 346 Å². The van der Waals surface area contributed by atoms with Crippen LogP contribution in [-0.4, -0.2) is 16.7 Å². The molecule has 0 amide bonds. The van der Waals surface area contributed by atoms with Gasteiger partial charge in [0.2, 0.25) is 0 Å². The van der Waals surface area contributed by atoms with Gasteiger partial charge in [0.25, 0.3) is 6.71 Å². The molecule has 0 aliphatic carbocycles. The molecule has 0 atom stereocenters. The maximum absolute atomic E-state index is 5.91. The molecule has 0 fully saturated rings. The highest BCUT2D eigenvalue weighted by molar-refractivity contribution is 7.00. The van der Waals surface area contributed by atoms with Gasteiger partial charge in [-0.05, 0) is 190 Å². The van der Waals surface area contributed by atoms with E-state index in [0.717, 1.165) is 129 Å². The monoisotopic (exact) mass is 1180 g/mol. The summed E-state index contributed by atoms with van der Waals surface area (Å²) in [5, 5.41) is 5.70. The Balaban J connectivity index is 0.977. The summed E-state index contributed by atoms with van der Waals surface area (Å²) in [6.45, 7) is -0.197. The Kier molecular flexibility index (Phi) is 13.0. The van der Waals surface area contributed by atoms with Crippen LogP contribution in [0, 0.1) is 0 Å². The molecule has 0 radical (unpaired) electrons. The molecule has 16 aromatic rings. The van der Waals surface area contributed by atoms with E-state index in [2.05, 4.69) is 356 Å². The van der Waals surface area contributed by atoms with Gasteiger partial charge < -0.3 is 9.80 Å². The fourth-order valence-electron chi connectivity index (χ4n) is 14.5. The maximum atomic E-state index is 5.91. The first-order valence-electron chi connectivity index (χ1n) is 32.0. The van der Waals surface area contributed by atoms with Gasteiger partial charge in [0.1, 0.15) is 0 Å². The van der Waals surface area contributed by atoms with E-state index in [1.54, 1.807) is 0 Å². The molecule has 432 valence electrons. The lowest BCUT2D eigenvalue weighted by Crippen LogP contribution is -2.61. The highest BCUT2D eigenvalue weighted by Gasteiger charge is 2.44. The van der Waals surface area contributed by atoms with Crippen LogP contribution in [0.15, 0.2) is 346 Å². The Morgan fingerprint density at radius 1 is 0.226 bits per heavy atom. The van der Waals surface area contributed by atoms with E-state index in [9.17, 15) is 0 Å². The van der Waals surface area contributed by atoms with Crippen molar-refractivity contribution < 1.29 is 0 Å². The van der Waals surface area contributed by atoms with Crippen molar-refractivity contribution in [2.45, 2.75) is 0 Å². The predicted molar refractivity (Wildman–Crippen MR) is 392 cm³/mol. The Morgan fingerprint density at radius 2 is 0.538 bits per heavy atom. The first-order chi connectivity index (χ1) is 46.1. The van der Waals surface area contributed by atoms with E-state index in [1.165, 1.54) is 37.9 Å². The SMILES string of the molecule is c1ccc(-c2cc(-c3ccccc3)cc(-c3nc(-c4cc5c6c(c4)N(c4cc(-c7ccccc7)cc(-c7ccccc7)c4)c4cc7ccccc7cc4B6c4cc6ccccc6cc4N5c4cc(-c5ccccc5)cc(-c5ccccc5)c4)nc4ccccc34)c2)cc1. The second kappa shape index (κ2) is 22.4. The van der Waals surface area contributed by atoms with E-state index >= 15 is 0 Å². The largest absolute Gasteiger partial charge is 0.311 e. The Bertz CT molecular complexity index is 5150. The lowest BCUT2D eigenvalue weighted by molar-refractivity contribution is 1.21. The van der Waals surface area contributed by atoms with Crippen molar-refractivity contribution >= 4 is 89.7 Å². The number of benzene rings is 15. The van der Waals surface area contributed by atoms with Crippen LogP contribution in [0.4, 0.5) is 34.1 Å². The summed E-state index contributed by atoms with van der Waals surface area (Å²) in [6.07, 6.45) is 0. The molecule has 0 unspecified atom stereocenters.